The second-order valence-electron chi connectivity index (χ2n) is 5.74. The smallest absolute Gasteiger partial charge is 0.275 e. The van der Waals surface area contributed by atoms with E-state index in [1.165, 1.54) is 6.07 Å². The summed E-state index contributed by atoms with van der Waals surface area (Å²) in [5.41, 5.74) is 0.769. The molecule has 1 unspecified atom stereocenters. The van der Waals surface area contributed by atoms with Gasteiger partial charge in [-0.25, -0.2) is 0 Å². The van der Waals surface area contributed by atoms with E-state index in [9.17, 15) is 10.1 Å². The second kappa shape index (κ2) is 7.12. The SMILES string of the molecule is CC(C)Oc1cc(NCC(C)C(C)C)cc([N+](=O)[O-])c1. The van der Waals surface area contributed by atoms with Crippen LogP contribution >= 0.6 is 0 Å². The minimum absolute atomic E-state index is 0.0144. The number of nitro groups is 1. The number of ether oxygens (including phenoxy) is 1. The van der Waals surface area contributed by atoms with Gasteiger partial charge in [0.25, 0.3) is 5.69 Å². The van der Waals surface area contributed by atoms with Gasteiger partial charge in [-0.05, 0) is 25.7 Å². The van der Waals surface area contributed by atoms with Crippen LogP contribution in [0.2, 0.25) is 0 Å². The third-order valence-electron chi connectivity index (χ3n) is 3.24. The quantitative estimate of drug-likeness (QED) is 0.603. The Kier molecular flexibility index (Phi) is 5.80. The van der Waals surface area contributed by atoms with E-state index in [0.29, 0.717) is 17.6 Å². The van der Waals surface area contributed by atoms with Gasteiger partial charge in [-0.2, -0.15) is 0 Å². The molecule has 1 N–H and O–H groups in total. The largest absolute Gasteiger partial charge is 0.491 e. The number of anilines is 1. The van der Waals surface area contributed by atoms with Crippen LogP contribution in [0.4, 0.5) is 11.4 Å². The topological polar surface area (TPSA) is 64.4 Å². The Hall–Kier alpha value is -1.78. The van der Waals surface area contributed by atoms with Gasteiger partial charge in [-0.3, -0.25) is 10.1 Å². The Bertz CT molecular complexity index is 458. The zero-order valence-electron chi connectivity index (χ0n) is 12.8. The zero-order chi connectivity index (χ0) is 15.3. The third-order valence-corrected chi connectivity index (χ3v) is 3.24. The van der Waals surface area contributed by atoms with Gasteiger partial charge in [0.15, 0.2) is 0 Å². The fourth-order valence-electron chi connectivity index (χ4n) is 1.65. The number of non-ortho nitro benzene ring substituents is 1. The van der Waals surface area contributed by atoms with Gasteiger partial charge in [-0.15, -0.1) is 0 Å². The van der Waals surface area contributed by atoms with Crippen molar-refractivity contribution in [1.29, 1.82) is 0 Å². The van der Waals surface area contributed by atoms with E-state index in [-0.39, 0.29) is 11.8 Å². The molecule has 1 atom stereocenters. The summed E-state index contributed by atoms with van der Waals surface area (Å²) in [6.45, 7) is 11.0. The highest BCUT2D eigenvalue weighted by Crippen LogP contribution is 2.27. The number of nitrogens with zero attached hydrogens (tertiary/aromatic N) is 1. The second-order valence-corrected chi connectivity index (χ2v) is 5.74. The fraction of sp³-hybridized carbons (Fsp3) is 0.600. The Labute approximate surface area is 120 Å². The molecule has 0 aliphatic heterocycles. The lowest BCUT2D eigenvalue weighted by molar-refractivity contribution is -0.384. The molecule has 0 aliphatic carbocycles. The van der Waals surface area contributed by atoms with Crippen molar-refractivity contribution in [3.63, 3.8) is 0 Å². The number of rotatable bonds is 7. The number of benzene rings is 1. The number of nitro benzene ring substituents is 1. The maximum Gasteiger partial charge on any atom is 0.275 e. The average molecular weight is 280 g/mol. The van der Waals surface area contributed by atoms with Gasteiger partial charge in [0.1, 0.15) is 5.75 Å². The molecule has 0 saturated heterocycles. The summed E-state index contributed by atoms with van der Waals surface area (Å²) in [7, 11) is 0. The summed E-state index contributed by atoms with van der Waals surface area (Å²) in [5, 5.41) is 14.2. The number of nitrogens with one attached hydrogen (secondary N) is 1. The Balaban J connectivity index is 2.88. The first-order valence-electron chi connectivity index (χ1n) is 6.99. The summed E-state index contributed by atoms with van der Waals surface area (Å²) in [5.74, 6) is 1.57. The maximum atomic E-state index is 11.0. The van der Waals surface area contributed by atoms with Crippen LogP contribution in [0, 0.1) is 22.0 Å². The molecule has 112 valence electrons. The molecule has 0 radical (unpaired) electrons. The van der Waals surface area contributed by atoms with E-state index in [0.717, 1.165) is 12.2 Å². The molecule has 0 fully saturated rings. The van der Waals surface area contributed by atoms with Crippen LogP contribution < -0.4 is 10.1 Å². The van der Waals surface area contributed by atoms with Gasteiger partial charge in [0.05, 0.1) is 17.1 Å². The van der Waals surface area contributed by atoms with Gasteiger partial charge < -0.3 is 10.1 Å². The molecule has 0 aliphatic rings. The van der Waals surface area contributed by atoms with Crippen molar-refractivity contribution < 1.29 is 9.66 Å². The molecule has 0 bridgehead atoms. The molecule has 0 amide bonds. The highest BCUT2D eigenvalue weighted by Gasteiger charge is 2.13. The Morgan fingerprint density at radius 2 is 1.85 bits per heavy atom. The minimum atomic E-state index is -0.399. The standard InChI is InChI=1S/C15H24N2O3/c1-10(2)12(5)9-16-13-6-14(17(18)19)8-15(7-13)20-11(3)4/h6-8,10-12,16H,9H2,1-5H3. The summed E-state index contributed by atoms with van der Waals surface area (Å²) in [6, 6.07) is 4.80. The molecule has 5 heteroatoms. The molecule has 0 heterocycles. The van der Waals surface area contributed by atoms with E-state index in [1.807, 2.05) is 13.8 Å². The molecule has 1 aromatic carbocycles. The van der Waals surface area contributed by atoms with Gasteiger partial charge in [0, 0.05) is 24.4 Å². The summed E-state index contributed by atoms with van der Waals surface area (Å²) in [6.07, 6.45) is -0.0144. The lowest BCUT2D eigenvalue weighted by Crippen LogP contribution is -2.16. The van der Waals surface area contributed by atoms with Crippen molar-refractivity contribution in [3.8, 4) is 5.75 Å². The Morgan fingerprint density at radius 1 is 1.20 bits per heavy atom. The molecule has 0 saturated carbocycles. The first kappa shape index (κ1) is 16.3. The molecule has 5 nitrogen and oxygen atoms in total. The highest BCUT2D eigenvalue weighted by atomic mass is 16.6. The monoisotopic (exact) mass is 280 g/mol. The van der Waals surface area contributed by atoms with Gasteiger partial charge in [-0.1, -0.05) is 20.8 Å². The molecule has 0 aromatic heterocycles. The van der Waals surface area contributed by atoms with Crippen molar-refractivity contribution in [2.45, 2.75) is 40.7 Å². The average Bonchev–Trinajstić information content (AvgIpc) is 2.34. The third kappa shape index (κ3) is 5.07. The predicted octanol–water partition coefficient (Wildman–Crippen LogP) is 4.09. The molecule has 0 spiro atoms. The molecular formula is C15H24N2O3. The first-order valence-corrected chi connectivity index (χ1v) is 6.99. The van der Waals surface area contributed by atoms with E-state index in [1.54, 1.807) is 12.1 Å². The normalized spacial score (nSPS) is 12.6. The molecule has 20 heavy (non-hydrogen) atoms. The first-order chi connectivity index (χ1) is 9.29. The van der Waals surface area contributed by atoms with Crippen LogP contribution in [-0.4, -0.2) is 17.6 Å². The highest BCUT2D eigenvalue weighted by molar-refractivity contribution is 5.56. The van der Waals surface area contributed by atoms with E-state index in [4.69, 9.17) is 4.74 Å². The lowest BCUT2D eigenvalue weighted by Gasteiger charge is -2.17. The van der Waals surface area contributed by atoms with Crippen molar-refractivity contribution in [3.05, 3.63) is 28.3 Å². The van der Waals surface area contributed by atoms with Crippen LogP contribution in [0.3, 0.4) is 0 Å². The van der Waals surface area contributed by atoms with E-state index < -0.39 is 4.92 Å². The van der Waals surface area contributed by atoms with E-state index >= 15 is 0 Å². The summed E-state index contributed by atoms with van der Waals surface area (Å²) < 4.78 is 5.56. The van der Waals surface area contributed by atoms with Crippen LogP contribution in [0.5, 0.6) is 5.75 Å². The fourth-order valence-corrected chi connectivity index (χ4v) is 1.65. The van der Waals surface area contributed by atoms with E-state index in [2.05, 4.69) is 26.1 Å². The van der Waals surface area contributed by atoms with Crippen molar-refractivity contribution in [1.82, 2.24) is 0 Å². The van der Waals surface area contributed by atoms with Crippen LogP contribution in [-0.2, 0) is 0 Å². The van der Waals surface area contributed by atoms with Gasteiger partial charge >= 0.3 is 0 Å². The number of hydrogen-bond acceptors (Lipinski definition) is 4. The van der Waals surface area contributed by atoms with Gasteiger partial charge in [0.2, 0.25) is 0 Å². The predicted molar refractivity (Wildman–Crippen MR) is 81.4 cm³/mol. The lowest BCUT2D eigenvalue weighted by atomic mass is 9.98. The number of hydrogen-bond donors (Lipinski definition) is 1. The van der Waals surface area contributed by atoms with Crippen LogP contribution in [0.1, 0.15) is 34.6 Å². The summed E-state index contributed by atoms with van der Waals surface area (Å²) in [4.78, 5) is 10.6. The summed E-state index contributed by atoms with van der Waals surface area (Å²) >= 11 is 0. The minimum Gasteiger partial charge on any atom is -0.491 e. The maximum absolute atomic E-state index is 11.0. The van der Waals surface area contributed by atoms with Crippen molar-refractivity contribution in [2.75, 3.05) is 11.9 Å². The molecular weight excluding hydrogens is 256 g/mol. The van der Waals surface area contributed by atoms with Crippen LogP contribution in [0.15, 0.2) is 18.2 Å². The van der Waals surface area contributed by atoms with Crippen molar-refractivity contribution in [2.24, 2.45) is 11.8 Å². The van der Waals surface area contributed by atoms with Crippen LogP contribution in [0.25, 0.3) is 0 Å². The van der Waals surface area contributed by atoms with Crippen molar-refractivity contribution >= 4 is 11.4 Å². The Morgan fingerprint density at radius 3 is 2.35 bits per heavy atom. The zero-order valence-corrected chi connectivity index (χ0v) is 12.8. The molecule has 1 rings (SSSR count). The molecule has 1 aromatic rings.